The first-order chi connectivity index (χ1) is 15.6. The fourth-order valence-corrected chi connectivity index (χ4v) is 3.56. The summed E-state index contributed by atoms with van der Waals surface area (Å²) in [6.07, 6.45) is -2.56. The molecule has 0 saturated carbocycles. The molecule has 3 aromatic rings. The highest BCUT2D eigenvalue weighted by molar-refractivity contribution is 5.94. The Kier molecular flexibility index (Phi) is 5.09. The van der Waals surface area contributed by atoms with Gasteiger partial charge in [0.1, 0.15) is 28.9 Å². The van der Waals surface area contributed by atoms with Crippen LogP contribution in [0.2, 0.25) is 0 Å². The van der Waals surface area contributed by atoms with Crippen molar-refractivity contribution < 1.29 is 55.1 Å². The molecule has 172 valence electrons. The minimum Gasteiger partial charge on any atom is -0.508 e. The lowest BCUT2D eigenvalue weighted by Gasteiger charge is -2.34. The third-order valence-electron chi connectivity index (χ3n) is 5.20. The molecule has 0 spiro atoms. The van der Waals surface area contributed by atoms with Crippen molar-refractivity contribution in [1.29, 1.82) is 0 Å². The van der Waals surface area contributed by atoms with Crippen LogP contribution < -0.4 is 4.74 Å². The number of phenolic OH excluding ortho intramolecular Hbond substituents is 8. The van der Waals surface area contributed by atoms with Gasteiger partial charge in [0.2, 0.25) is 5.75 Å². The highest BCUT2D eigenvalue weighted by Gasteiger charge is 2.37. The lowest BCUT2D eigenvalue weighted by molar-refractivity contribution is -0.0191. The van der Waals surface area contributed by atoms with E-state index in [-0.39, 0.29) is 34.8 Å². The van der Waals surface area contributed by atoms with E-state index < -0.39 is 58.2 Å². The molecule has 2 atom stereocenters. The van der Waals surface area contributed by atoms with Crippen LogP contribution in [0.5, 0.6) is 51.7 Å². The molecule has 1 heterocycles. The molecular weight excluding hydrogens is 440 g/mol. The predicted molar refractivity (Wildman–Crippen MR) is 109 cm³/mol. The lowest BCUT2D eigenvalue weighted by atomic mass is 9.93. The zero-order valence-corrected chi connectivity index (χ0v) is 16.6. The van der Waals surface area contributed by atoms with Crippen LogP contribution in [0.15, 0.2) is 36.4 Å². The van der Waals surface area contributed by atoms with Crippen molar-refractivity contribution in [2.75, 3.05) is 0 Å². The molecule has 0 saturated heterocycles. The van der Waals surface area contributed by atoms with Gasteiger partial charge in [-0.3, -0.25) is 0 Å². The number of ether oxygens (including phenoxy) is 2. The highest BCUT2D eigenvalue weighted by atomic mass is 16.6. The van der Waals surface area contributed by atoms with E-state index in [1.807, 2.05) is 0 Å². The summed E-state index contributed by atoms with van der Waals surface area (Å²) in [4.78, 5) is 12.7. The molecule has 0 bridgehead atoms. The Balaban J connectivity index is 1.76. The Bertz CT molecular complexity index is 1240. The van der Waals surface area contributed by atoms with E-state index in [0.717, 1.165) is 30.3 Å². The number of carbonyl (C=O) groups excluding carboxylic acids is 1. The lowest BCUT2D eigenvalue weighted by Crippen LogP contribution is -2.34. The number of hydrogen-bond donors (Lipinski definition) is 8. The molecule has 11 heteroatoms. The molecule has 0 aromatic heterocycles. The van der Waals surface area contributed by atoms with Crippen molar-refractivity contribution in [3.63, 3.8) is 0 Å². The largest absolute Gasteiger partial charge is 0.508 e. The second-order valence-electron chi connectivity index (χ2n) is 7.37. The van der Waals surface area contributed by atoms with Gasteiger partial charge in [-0.05, 0) is 24.3 Å². The molecule has 11 nitrogen and oxygen atoms in total. The van der Waals surface area contributed by atoms with Crippen molar-refractivity contribution in [3.05, 3.63) is 53.1 Å². The quantitative estimate of drug-likeness (QED) is 0.212. The van der Waals surface area contributed by atoms with Crippen molar-refractivity contribution in [3.8, 4) is 51.7 Å². The van der Waals surface area contributed by atoms with Crippen LogP contribution in [0.4, 0.5) is 0 Å². The Hall–Kier alpha value is -4.67. The Morgan fingerprint density at radius 1 is 0.788 bits per heavy atom. The van der Waals surface area contributed by atoms with Crippen LogP contribution in [0, 0.1) is 0 Å². The van der Waals surface area contributed by atoms with E-state index in [0.29, 0.717) is 0 Å². The summed E-state index contributed by atoms with van der Waals surface area (Å²) in [7, 11) is 0. The Morgan fingerprint density at radius 3 is 2.12 bits per heavy atom. The van der Waals surface area contributed by atoms with Gasteiger partial charge >= 0.3 is 5.97 Å². The van der Waals surface area contributed by atoms with Gasteiger partial charge in [-0.2, -0.15) is 0 Å². The summed E-state index contributed by atoms with van der Waals surface area (Å²) < 4.78 is 11.3. The molecule has 1 aliphatic rings. The van der Waals surface area contributed by atoms with Crippen LogP contribution in [-0.4, -0.2) is 52.9 Å². The van der Waals surface area contributed by atoms with Gasteiger partial charge in [0.05, 0.1) is 0 Å². The number of hydrogen-bond acceptors (Lipinski definition) is 11. The Labute approximate surface area is 185 Å². The standard InChI is InChI=1S/C22H18O11/c23-9-5-13(25)11-7-17(33-22(31)10-1-2-12(24)20(30)18(10)28)21(32-16(11)6-9)8-3-14(26)19(29)15(27)4-8/h1-6,17,21,23-30H,7H2/t17-,21-/m1/s1. The molecule has 0 radical (unpaired) electrons. The summed E-state index contributed by atoms with van der Waals surface area (Å²) in [5, 5.41) is 78.5. The molecule has 8 N–H and O–H groups in total. The third kappa shape index (κ3) is 3.76. The fourth-order valence-electron chi connectivity index (χ4n) is 3.56. The van der Waals surface area contributed by atoms with Crippen LogP contribution in [0.1, 0.15) is 27.6 Å². The zero-order chi connectivity index (χ0) is 24.0. The molecule has 3 aromatic carbocycles. The number of phenols is 8. The maximum Gasteiger partial charge on any atom is 0.342 e. The second-order valence-corrected chi connectivity index (χ2v) is 7.37. The van der Waals surface area contributed by atoms with Crippen molar-refractivity contribution in [2.45, 2.75) is 18.6 Å². The van der Waals surface area contributed by atoms with E-state index >= 15 is 0 Å². The van der Waals surface area contributed by atoms with Crippen LogP contribution >= 0.6 is 0 Å². The number of aromatic hydroxyl groups is 8. The van der Waals surface area contributed by atoms with E-state index in [1.165, 1.54) is 6.07 Å². The van der Waals surface area contributed by atoms with Gasteiger partial charge in [0, 0.05) is 29.7 Å². The van der Waals surface area contributed by atoms with Crippen molar-refractivity contribution in [2.24, 2.45) is 0 Å². The summed E-state index contributed by atoms with van der Waals surface area (Å²) in [6.45, 7) is 0. The van der Waals surface area contributed by atoms with E-state index in [2.05, 4.69) is 0 Å². The summed E-state index contributed by atoms with van der Waals surface area (Å²) in [5.74, 6) is -6.34. The molecule has 4 rings (SSSR count). The van der Waals surface area contributed by atoms with Crippen LogP contribution in [0.3, 0.4) is 0 Å². The zero-order valence-electron chi connectivity index (χ0n) is 16.6. The van der Waals surface area contributed by atoms with Gasteiger partial charge < -0.3 is 50.3 Å². The normalized spacial score (nSPS) is 17.1. The van der Waals surface area contributed by atoms with Crippen molar-refractivity contribution in [1.82, 2.24) is 0 Å². The maximum absolute atomic E-state index is 12.7. The van der Waals surface area contributed by atoms with Gasteiger partial charge in [-0.25, -0.2) is 4.79 Å². The summed E-state index contributed by atoms with van der Waals surface area (Å²) >= 11 is 0. The van der Waals surface area contributed by atoms with E-state index in [9.17, 15) is 45.6 Å². The third-order valence-corrected chi connectivity index (χ3v) is 5.20. The first-order valence-corrected chi connectivity index (χ1v) is 9.48. The molecule has 0 fully saturated rings. The van der Waals surface area contributed by atoms with E-state index in [4.69, 9.17) is 9.47 Å². The van der Waals surface area contributed by atoms with Crippen molar-refractivity contribution >= 4 is 5.97 Å². The average Bonchev–Trinajstić information content (AvgIpc) is 2.75. The minimum atomic E-state index is -1.21. The number of benzene rings is 3. The molecule has 33 heavy (non-hydrogen) atoms. The number of carbonyl (C=O) groups is 1. The fraction of sp³-hybridized carbons (Fsp3) is 0.136. The molecule has 0 aliphatic carbocycles. The summed E-state index contributed by atoms with van der Waals surface area (Å²) in [5.41, 5.74) is -0.208. The monoisotopic (exact) mass is 458 g/mol. The number of fused-ring (bicyclic) bond motifs is 1. The van der Waals surface area contributed by atoms with Gasteiger partial charge in [0.15, 0.2) is 34.9 Å². The Morgan fingerprint density at radius 2 is 1.45 bits per heavy atom. The first-order valence-electron chi connectivity index (χ1n) is 9.48. The summed E-state index contributed by atoms with van der Waals surface area (Å²) in [6, 6.07) is 6.40. The molecule has 0 amide bonds. The van der Waals surface area contributed by atoms with Crippen LogP contribution in [0.25, 0.3) is 0 Å². The average molecular weight is 458 g/mol. The maximum atomic E-state index is 12.7. The van der Waals surface area contributed by atoms with Gasteiger partial charge in [0.25, 0.3) is 0 Å². The van der Waals surface area contributed by atoms with Gasteiger partial charge in [-0.1, -0.05) is 0 Å². The smallest absolute Gasteiger partial charge is 0.342 e. The van der Waals surface area contributed by atoms with Gasteiger partial charge in [-0.15, -0.1) is 0 Å². The molecule has 1 aliphatic heterocycles. The predicted octanol–water partition coefficient (Wildman–Crippen LogP) is 2.23. The molecular formula is C22H18O11. The topological polar surface area (TPSA) is 197 Å². The molecule has 0 unspecified atom stereocenters. The minimum absolute atomic E-state index is 0.0435. The first kappa shape index (κ1) is 21.6. The van der Waals surface area contributed by atoms with Crippen LogP contribution in [-0.2, 0) is 11.2 Å². The number of esters is 1. The number of rotatable bonds is 3. The SMILES string of the molecule is O=C(O[C@@H]1Cc2c(O)cc(O)cc2O[C@@H]1c1cc(O)c(O)c(O)c1)c1ccc(O)c(O)c1O. The second kappa shape index (κ2) is 7.79. The highest BCUT2D eigenvalue weighted by Crippen LogP contribution is 2.46. The van der Waals surface area contributed by atoms with E-state index in [1.54, 1.807) is 0 Å².